The molecule has 3 aliphatic rings. The Labute approximate surface area is 314 Å². The molecule has 1 saturated carbocycles. The highest BCUT2D eigenvalue weighted by Crippen LogP contribution is 2.64. The average molecular weight is 692 g/mol. The molecule has 256 valence electrons. The number of hydrogen-bond donors (Lipinski definition) is 0. The van der Waals surface area contributed by atoms with Gasteiger partial charge >= 0.3 is 0 Å². The third-order valence-electron chi connectivity index (χ3n) is 13.3. The quantitative estimate of drug-likeness (QED) is 0.183. The number of hydrogen-bond acceptors (Lipinski definition) is 2. The Bertz CT molecular complexity index is 2920. The largest absolute Gasteiger partial charge is 0.456 e. The standard InChI is InChI=1S/C52H37NO/c1-2-14-37-34(12-1)13-11-22-48(37)53(36-25-27-43-42-18-6-10-23-49(42)54-50(43)33-36)35-24-26-41-40-17-5-9-21-46(40)52(47(41)32-35)30-28-51(29-31-52)44-19-7-3-15-38(44)39-16-4-8-20-45(39)51/h1-27,32-33H,28-31H2. The van der Waals surface area contributed by atoms with E-state index in [2.05, 4.69) is 175 Å². The second kappa shape index (κ2) is 11.1. The average Bonchev–Trinajstić information content (AvgIpc) is 3.84. The first-order valence-corrected chi connectivity index (χ1v) is 19.4. The van der Waals surface area contributed by atoms with Crippen LogP contribution in [0.3, 0.4) is 0 Å². The maximum atomic E-state index is 6.48. The van der Waals surface area contributed by atoms with Gasteiger partial charge in [0.2, 0.25) is 0 Å². The van der Waals surface area contributed by atoms with Crippen LogP contribution in [0.2, 0.25) is 0 Å². The highest BCUT2D eigenvalue weighted by Gasteiger charge is 2.53. The Morgan fingerprint density at radius 2 is 0.870 bits per heavy atom. The van der Waals surface area contributed by atoms with E-state index in [1.165, 1.54) is 61.0 Å². The van der Waals surface area contributed by atoms with Crippen molar-refractivity contribution in [3.8, 4) is 22.3 Å². The molecule has 0 aliphatic heterocycles. The molecule has 8 aromatic carbocycles. The molecular formula is C52H37NO. The van der Waals surface area contributed by atoms with E-state index in [0.29, 0.717) is 0 Å². The minimum atomic E-state index is -0.0627. The maximum Gasteiger partial charge on any atom is 0.137 e. The molecule has 1 fully saturated rings. The van der Waals surface area contributed by atoms with Crippen molar-refractivity contribution in [2.45, 2.75) is 36.5 Å². The number of anilines is 3. The van der Waals surface area contributed by atoms with Gasteiger partial charge in [-0.25, -0.2) is 0 Å². The van der Waals surface area contributed by atoms with E-state index >= 15 is 0 Å². The molecule has 0 unspecified atom stereocenters. The Kier molecular flexibility index (Phi) is 6.17. The topological polar surface area (TPSA) is 16.4 Å². The van der Waals surface area contributed by atoms with Crippen LogP contribution >= 0.6 is 0 Å². The van der Waals surface area contributed by atoms with Crippen molar-refractivity contribution in [3.63, 3.8) is 0 Å². The van der Waals surface area contributed by atoms with Crippen molar-refractivity contribution < 1.29 is 4.42 Å². The molecule has 0 atom stereocenters. The monoisotopic (exact) mass is 691 g/mol. The van der Waals surface area contributed by atoms with Crippen molar-refractivity contribution in [3.05, 3.63) is 198 Å². The minimum Gasteiger partial charge on any atom is -0.456 e. The molecule has 54 heavy (non-hydrogen) atoms. The van der Waals surface area contributed by atoms with Gasteiger partial charge in [0, 0.05) is 44.4 Å². The normalized spacial score (nSPS) is 15.8. The van der Waals surface area contributed by atoms with E-state index in [0.717, 1.165) is 59.0 Å². The fourth-order valence-electron chi connectivity index (χ4n) is 10.9. The number of nitrogens with zero attached hydrogens (tertiary/aromatic N) is 1. The second-order valence-corrected chi connectivity index (χ2v) is 15.6. The van der Waals surface area contributed by atoms with Crippen LogP contribution in [0.4, 0.5) is 17.1 Å². The summed E-state index contributed by atoms with van der Waals surface area (Å²) in [6.07, 6.45) is 4.44. The predicted molar refractivity (Wildman–Crippen MR) is 223 cm³/mol. The Morgan fingerprint density at radius 1 is 0.370 bits per heavy atom. The molecule has 0 amide bonds. The molecule has 3 aliphatic carbocycles. The third-order valence-corrected chi connectivity index (χ3v) is 13.3. The Hall–Kier alpha value is -6.38. The first-order valence-electron chi connectivity index (χ1n) is 19.4. The van der Waals surface area contributed by atoms with E-state index < -0.39 is 0 Å². The zero-order valence-corrected chi connectivity index (χ0v) is 29.9. The van der Waals surface area contributed by atoms with Crippen molar-refractivity contribution in [2.75, 3.05) is 4.90 Å². The Morgan fingerprint density at radius 3 is 1.57 bits per heavy atom. The highest BCUT2D eigenvalue weighted by molar-refractivity contribution is 6.07. The highest BCUT2D eigenvalue weighted by atomic mass is 16.3. The van der Waals surface area contributed by atoms with Crippen LogP contribution in [-0.4, -0.2) is 0 Å². The molecule has 9 aromatic rings. The van der Waals surface area contributed by atoms with Crippen molar-refractivity contribution >= 4 is 49.8 Å². The van der Waals surface area contributed by atoms with E-state index in [1.54, 1.807) is 0 Å². The van der Waals surface area contributed by atoms with Crippen LogP contribution in [0.15, 0.2) is 180 Å². The number of para-hydroxylation sites is 1. The van der Waals surface area contributed by atoms with Crippen LogP contribution < -0.4 is 4.90 Å². The first-order chi connectivity index (χ1) is 26.7. The zero-order chi connectivity index (χ0) is 35.4. The van der Waals surface area contributed by atoms with Gasteiger partial charge < -0.3 is 9.32 Å². The Balaban J connectivity index is 1.04. The van der Waals surface area contributed by atoms with Gasteiger partial charge in [-0.1, -0.05) is 133 Å². The summed E-state index contributed by atoms with van der Waals surface area (Å²) in [6.45, 7) is 0. The lowest BCUT2D eigenvalue weighted by atomic mass is 9.57. The van der Waals surface area contributed by atoms with Crippen molar-refractivity contribution in [1.29, 1.82) is 0 Å². The van der Waals surface area contributed by atoms with Gasteiger partial charge in [0.15, 0.2) is 0 Å². The predicted octanol–water partition coefficient (Wildman–Crippen LogP) is 14.0. The van der Waals surface area contributed by atoms with Gasteiger partial charge in [0.05, 0.1) is 5.69 Å². The fourth-order valence-corrected chi connectivity index (χ4v) is 10.9. The lowest BCUT2D eigenvalue weighted by Gasteiger charge is -2.45. The van der Waals surface area contributed by atoms with Gasteiger partial charge in [-0.05, 0) is 112 Å². The summed E-state index contributed by atoms with van der Waals surface area (Å²) in [5, 5.41) is 4.74. The summed E-state index contributed by atoms with van der Waals surface area (Å²) in [4.78, 5) is 2.46. The number of fused-ring (bicyclic) bond motifs is 14. The first kappa shape index (κ1) is 30.1. The van der Waals surface area contributed by atoms with Crippen LogP contribution in [0.25, 0.3) is 55.0 Å². The summed E-state index contributed by atoms with van der Waals surface area (Å²) in [6, 6.07) is 65.4. The molecule has 2 nitrogen and oxygen atoms in total. The number of rotatable bonds is 3. The third kappa shape index (κ3) is 4.00. The van der Waals surface area contributed by atoms with Crippen LogP contribution in [0.1, 0.15) is 47.9 Å². The summed E-state index contributed by atoms with van der Waals surface area (Å²) >= 11 is 0. The summed E-state index contributed by atoms with van der Waals surface area (Å²) in [7, 11) is 0. The molecule has 1 aromatic heterocycles. The zero-order valence-electron chi connectivity index (χ0n) is 29.9. The number of benzene rings is 8. The fraction of sp³-hybridized carbons (Fsp3) is 0.115. The molecule has 0 radical (unpaired) electrons. The van der Waals surface area contributed by atoms with Crippen molar-refractivity contribution in [2.24, 2.45) is 0 Å². The smallest absolute Gasteiger partial charge is 0.137 e. The molecule has 12 rings (SSSR count). The summed E-state index contributed by atoms with van der Waals surface area (Å²) < 4.78 is 6.48. The lowest BCUT2D eigenvalue weighted by Crippen LogP contribution is -2.39. The van der Waals surface area contributed by atoms with Gasteiger partial charge in [-0.15, -0.1) is 0 Å². The van der Waals surface area contributed by atoms with Crippen LogP contribution in [0, 0.1) is 0 Å². The van der Waals surface area contributed by atoms with Gasteiger partial charge in [0.25, 0.3) is 0 Å². The van der Waals surface area contributed by atoms with Gasteiger partial charge in [-0.2, -0.15) is 0 Å². The summed E-state index contributed by atoms with van der Waals surface area (Å²) in [5.74, 6) is 0. The van der Waals surface area contributed by atoms with Crippen LogP contribution in [-0.2, 0) is 10.8 Å². The lowest BCUT2D eigenvalue weighted by molar-refractivity contribution is 0.265. The van der Waals surface area contributed by atoms with Gasteiger partial charge in [0.1, 0.15) is 11.2 Å². The second-order valence-electron chi connectivity index (χ2n) is 15.6. The molecule has 2 heteroatoms. The van der Waals surface area contributed by atoms with Gasteiger partial charge in [-0.3, -0.25) is 0 Å². The number of furan rings is 1. The molecule has 0 bridgehead atoms. The van der Waals surface area contributed by atoms with E-state index in [-0.39, 0.29) is 10.8 Å². The molecule has 2 spiro atoms. The molecule has 0 N–H and O–H groups in total. The SMILES string of the molecule is c1ccc2c(c1)-c1ccccc1C21CCC2(CC1)c1ccccc1-c1ccc(N(c3ccc4c(c3)oc3ccccc34)c3cccc4ccccc34)cc12. The van der Waals surface area contributed by atoms with Crippen LogP contribution in [0.5, 0.6) is 0 Å². The maximum absolute atomic E-state index is 6.48. The van der Waals surface area contributed by atoms with E-state index in [4.69, 9.17) is 4.42 Å². The van der Waals surface area contributed by atoms with E-state index in [9.17, 15) is 0 Å². The molecule has 0 saturated heterocycles. The van der Waals surface area contributed by atoms with E-state index in [1.807, 2.05) is 6.07 Å². The summed E-state index contributed by atoms with van der Waals surface area (Å²) in [5.41, 5.74) is 16.8. The molecular weight excluding hydrogens is 655 g/mol. The minimum absolute atomic E-state index is 0.0464. The molecule has 1 heterocycles. The van der Waals surface area contributed by atoms with Crippen molar-refractivity contribution in [1.82, 2.24) is 0 Å².